The van der Waals surface area contributed by atoms with E-state index in [1.54, 1.807) is 0 Å². The van der Waals surface area contributed by atoms with Crippen molar-refractivity contribution in [1.82, 2.24) is 21.6 Å². The molecule has 6 heteroatoms. The van der Waals surface area contributed by atoms with Gasteiger partial charge in [-0.15, -0.1) is 0 Å². The van der Waals surface area contributed by atoms with Gasteiger partial charge in [-0.3, -0.25) is 10.6 Å². The molecule has 0 aromatic heterocycles. The highest BCUT2D eigenvalue weighted by Gasteiger charge is 2.11. The number of rotatable bonds is 2. The highest BCUT2D eigenvalue weighted by atomic mass is 16.5. The quantitative estimate of drug-likeness (QED) is 0.282. The van der Waals surface area contributed by atoms with E-state index in [0.717, 1.165) is 19.4 Å². The summed E-state index contributed by atoms with van der Waals surface area (Å²) in [4.78, 5) is 10.5. The molecule has 12 heavy (non-hydrogen) atoms. The number of carbonyl (C=O) groups excluding carboxylic acids is 1. The number of amides is 2. The molecule has 1 atom stereocenters. The van der Waals surface area contributed by atoms with Gasteiger partial charge in [0.15, 0.2) is 0 Å². The Balaban J connectivity index is 2.09. The zero-order valence-corrected chi connectivity index (χ0v) is 6.76. The number of nitrogens with one attached hydrogen (secondary N) is 4. The normalized spacial score (nSPS) is 23.2. The van der Waals surface area contributed by atoms with Crippen LogP contribution in [0.25, 0.3) is 0 Å². The van der Waals surface area contributed by atoms with Crippen LogP contribution < -0.4 is 21.6 Å². The number of piperidine rings is 1. The summed E-state index contributed by atoms with van der Waals surface area (Å²) in [6, 6.07) is -0.651. The zero-order chi connectivity index (χ0) is 8.81. The van der Waals surface area contributed by atoms with Gasteiger partial charge in [-0.25, -0.2) is 15.7 Å². The molecule has 2 amide bonds. The molecule has 0 radical (unpaired) electrons. The topological polar surface area (TPSA) is 85.4 Å². The Morgan fingerprint density at radius 1 is 1.50 bits per heavy atom. The van der Waals surface area contributed by atoms with Crippen molar-refractivity contribution in [3.63, 3.8) is 0 Å². The summed E-state index contributed by atoms with van der Waals surface area (Å²) in [5.41, 5.74) is 6.49. The van der Waals surface area contributed by atoms with Crippen molar-refractivity contribution >= 4 is 6.03 Å². The van der Waals surface area contributed by atoms with E-state index in [9.17, 15) is 4.79 Å². The van der Waals surface area contributed by atoms with E-state index in [0.29, 0.717) is 0 Å². The summed E-state index contributed by atoms with van der Waals surface area (Å²) in [7, 11) is 0. The molecule has 1 unspecified atom stereocenters. The van der Waals surface area contributed by atoms with Gasteiger partial charge < -0.3 is 5.32 Å². The number of hydroxylamine groups is 1. The second-order valence-corrected chi connectivity index (χ2v) is 2.71. The molecule has 1 aliphatic heterocycles. The molecular weight excluding hydrogens is 160 g/mol. The summed E-state index contributed by atoms with van der Waals surface area (Å²) >= 11 is 0. The maximum Gasteiger partial charge on any atom is 0.352 e. The van der Waals surface area contributed by atoms with Gasteiger partial charge in [-0.1, -0.05) is 0 Å². The van der Waals surface area contributed by atoms with E-state index in [1.807, 2.05) is 0 Å². The van der Waals surface area contributed by atoms with E-state index >= 15 is 0 Å². The molecule has 6 nitrogen and oxygen atoms in total. The van der Waals surface area contributed by atoms with Crippen LogP contribution in [0, 0.1) is 0 Å². The predicted octanol–water partition coefficient (Wildman–Crippen LogP) is -0.721. The van der Waals surface area contributed by atoms with Crippen LogP contribution in [0.1, 0.15) is 19.3 Å². The monoisotopic (exact) mass is 174 g/mol. The number of hydrazine groups is 1. The summed E-state index contributed by atoms with van der Waals surface area (Å²) in [5, 5.41) is 11.3. The number of hydrogen-bond acceptors (Lipinski definition) is 4. The first-order valence-corrected chi connectivity index (χ1v) is 4.02. The fourth-order valence-electron chi connectivity index (χ4n) is 1.16. The number of carbonyl (C=O) groups is 1. The van der Waals surface area contributed by atoms with E-state index in [1.165, 1.54) is 11.9 Å². The molecule has 0 spiro atoms. The third kappa shape index (κ3) is 3.04. The van der Waals surface area contributed by atoms with E-state index in [-0.39, 0.29) is 6.17 Å². The van der Waals surface area contributed by atoms with Crippen LogP contribution >= 0.6 is 0 Å². The standard InChI is InChI=1S/C6H14N4O2/c11-6(10-12)9-8-5-3-1-2-4-7-5/h5,7-8,12H,1-4H2,(H2,9,10,11). The first-order valence-electron chi connectivity index (χ1n) is 4.02. The van der Waals surface area contributed by atoms with Crippen LogP contribution in [-0.2, 0) is 0 Å². The van der Waals surface area contributed by atoms with E-state index in [4.69, 9.17) is 5.21 Å². The van der Waals surface area contributed by atoms with Crippen molar-refractivity contribution in [3.05, 3.63) is 0 Å². The average molecular weight is 174 g/mol. The molecule has 0 aliphatic carbocycles. The number of urea groups is 1. The SMILES string of the molecule is O=C(NO)NNC1CCCCN1. The van der Waals surface area contributed by atoms with E-state index < -0.39 is 6.03 Å². The van der Waals surface area contributed by atoms with Crippen LogP contribution in [0.4, 0.5) is 4.79 Å². The minimum atomic E-state index is -0.651. The second-order valence-electron chi connectivity index (χ2n) is 2.71. The lowest BCUT2D eigenvalue weighted by atomic mass is 10.1. The lowest BCUT2D eigenvalue weighted by molar-refractivity contribution is 0.154. The molecule has 1 saturated heterocycles. The van der Waals surface area contributed by atoms with E-state index in [2.05, 4.69) is 16.2 Å². The average Bonchev–Trinajstić information content (AvgIpc) is 2.16. The molecule has 70 valence electrons. The maximum absolute atomic E-state index is 10.5. The fourth-order valence-corrected chi connectivity index (χ4v) is 1.16. The predicted molar refractivity (Wildman–Crippen MR) is 42.2 cm³/mol. The van der Waals surface area contributed by atoms with Crippen molar-refractivity contribution < 1.29 is 10.0 Å². The summed E-state index contributed by atoms with van der Waals surface area (Å²) in [5.74, 6) is 0. The summed E-state index contributed by atoms with van der Waals surface area (Å²) in [6.45, 7) is 0.958. The summed E-state index contributed by atoms with van der Waals surface area (Å²) in [6.07, 6.45) is 3.40. The third-order valence-corrected chi connectivity index (χ3v) is 1.77. The molecule has 0 saturated carbocycles. The molecule has 1 heterocycles. The van der Waals surface area contributed by atoms with Crippen molar-refractivity contribution in [2.75, 3.05) is 6.54 Å². The zero-order valence-electron chi connectivity index (χ0n) is 6.76. The lowest BCUT2D eigenvalue weighted by Gasteiger charge is -2.24. The van der Waals surface area contributed by atoms with Gasteiger partial charge in [-0.2, -0.15) is 0 Å². The maximum atomic E-state index is 10.5. The Bertz CT molecular complexity index is 146. The molecule has 0 aromatic carbocycles. The largest absolute Gasteiger partial charge is 0.352 e. The Hall–Kier alpha value is -0.850. The molecule has 1 rings (SSSR count). The van der Waals surface area contributed by atoms with Crippen LogP contribution in [0.3, 0.4) is 0 Å². The number of hydrogen-bond donors (Lipinski definition) is 5. The third-order valence-electron chi connectivity index (χ3n) is 1.77. The Morgan fingerprint density at radius 2 is 2.33 bits per heavy atom. The minimum absolute atomic E-state index is 0.107. The van der Waals surface area contributed by atoms with Crippen LogP contribution in [0.15, 0.2) is 0 Å². The Morgan fingerprint density at radius 3 is 2.92 bits per heavy atom. The van der Waals surface area contributed by atoms with Gasteiger partial charge in [-0.05, 0) is 25.8 Å². The van der Waals surface area contributed by atoms with Gasteiger partial charge in [0.2, 0.25) is 0 Å². The Labute approximate surface area is 70.6 Å². The second kappa shape index (κ2) is 4.91. The lowest BCUT2D eigenvalue weighted by Crippen LogP contribution is -2.54. The van der Waals surface area contributed by atoms with Crippen molar-refractivity contribution in [2.45, 2.75) is 25.4 Å². The molecule has 0 bridgehead atoms. The van der Waals surface area contributed by atoms with Crippen molar-refractivity contribution in [1.29, 1.82) is 0 Å². The molecular formula is C6H14N4O2. The van der Waals surface area contributed by atoms with Crippen LogP contribution in [0.2, 0.25) is 0 Å². The molecule has 1 aliphatic rings. The highest BCUT2D eigenvalue weighted by molar-refractivity contribution is 5.71. The van der Waals surface area contributed by atoms with Gasteiger partial charge in [0.05, 0.1) is 6.17 Å². The molecule has 0 aromatic rings. The minimum Gasteiger partial charge on any atom is -0.301 e. The van der Waals surface area contributed by atoms with Crippen LogP contribution in [-0.4, -0.2) is 23.9 Å². The Kier molecular flexibility index (Phi) is 3.78. The fraction of sp³-hybridized carbons (Fsp3) is 0.833. The highest BCUT2D eigenvalue weighted by Crippen LogP contribution is 2.02. The van der Waals surface area contributed by atoms with Gasteiger partial charge in [0, 0.05) is 0 Å². The molecule has 1 fully saturated rings. The van der Waals surface area contributed by atoms with Gasteiger partial charge >= 0.3 is 6.03 Å². The molecule has 5 N–H and O–H groups in total. The smallest absolute Gasteiger partial charge is 0.301 e. The van der Waals surface area contributed by atoms with Crippen molar-refractivity contribution in [3.8, 4) is 0 Å². The van der Waals surface area contributed by atoms with Gasteiger partial charge in [0.1, 0.15) is 0 Å². The summed E-state index contributed by atoms with van der Waals surface area (Å²) < 4.78 is 0. The van der Waals surface area contributed by atoms with Gasteiger partial charge in [0.25, 0.3) is 0 Å². The van der Waals surface area contributed by atoms with Crippen LogP contribution in [0.5, 0.6) is 0 Å². The first-order chi connectivity index (χ1) is 5.83. The first kappa shape index (κ1) is 9.24. The van der Waals surface area contributed by atoms with Crippen molar-refractivity contribution in [2.24, 2.45) is 0 Å².